The van der Waals surface area contributed by atoms with E-state index in [1.54, 1.807) is 6.92 Å². The average molecular weight is 319 g/mol. The van der Waals surface area contributed by atoms with Crippen LogP contribution in [0.2, 0.25) is 5.02 Å². The second-order valence-corrected chi connectivity index (χ2v) is 6.15. The van der Waals surface area contributed by atoms with Crippen molar-refractivity contribution < 1.29 is 12.8 Å². The third-order valence-corrected chi connectivity index (χ3v) is 4.34. The highest BCUT2D eigenvalue weighted by molar-refractivity contribution is 7.92. The number of hydrogen-bond donors (Lipinski definition) is 3. The molecule has 0 spiro atoms. The predicted octanol–water partition coefficient (Wildman–Crippen LogP) is 1.77. The zero-order chi connectivity index (χ0) is 14.9. The first kappa shape index (κ1) is 14.8. The zero-order valence-electron chi connectivity index (χ0n) is 10.4. The molecule has 2 rings (SSSR count). The summed E-state index contributed by atoms with van der Waals surface area (Å²) in [6, 6.07) is 3.41. The minimum atomic E-state index is -3.93. The summed E-state index contributed by atoms with van der Waals surface area (Å²) in [5.41, 5.74) is 6.03. The summed E-state index contributed by atoms with van der Waals surface area (Å²) in [5, 5.41) is 6.45. The Bertz CT molecular complexity index is 725. The fraction of sp³-hybridized carbons (Fsp3) is 0.182. The van der Waals surface area contributed by atoms with Crippen molar-refractivity contribution in [3.05, 3.63) is 40.4 Å². The van der Waals surface area contributed by atoms with Gasteiger partial charge in [0.1, 0.15) is 10.7 Å². The van der Waals surface area contributed by atoms with Crippen molar-refractivity contribution in [1.29, 1.82) is 0 Å². The molecule has 0 fully saturated rings. The van der Waals surface area contributed by atoms with E-state index in [0.29, 0.717) is 5.69 Å². The highest BCUT2D eigenvalue weighted by Crippen LogP contribution is 2.24. The summed E-state index contributed by atoms with van der Waals surface area (Å²) in [6.07, 6.45) is 0. The Morgan fingerprint density at radius 2 is 2.15 bits per heavy atom. The van der Waals surface area contributed by atoms with Gasteiger partial charge >= 0.3 is 0 Å². The van der Waals surface area contributed by atoms with Crippen molar-refractivity contribution in [2.45, 2.75) is 18.4 Å². The summed E-state index contributed by atoms with van der Waals surface area (Å²) in [4.78, 5) is -0.0413. The molecule has 6 nitrogen and oxygen atoms in total. The lowest BCUT2D eigenvalue weighted by molar-refractivity contribution is 0.599. The highest BCUT2D eigenvalue weighted by Gasteiger charge is 2.24. The highest BCUT2D eigenvalue weighted by atomic mass is 35.5. The van der Waals surface area contributed by atoms with Crippen molar-refractivity contribution in [3.63, 3.8) is 0 Å². The van der Waals surface area contributed by atoms with Gasteiger partial charge in [0.25, 0.3) is 10.0 Å². The molecule has 108 valence electrons. The summed E-state index contributed by atoms with van der Waals surface area (Å²) >= 11 is 5.68. The van der Waals surface area contributed by atoms with Gasteiger partial charge in [0.05, 0.1) is 17.1 Å². The molecule has 0 radical (unpaired) electrons. The lowest BCUT2D eigenvalue weighted by atomic mass is 10.3. The first-order chi connectivity index (χ1) is 9.33. The van der Waals surface area contributed by atoms with E-state index < -0.39 is 15.8 Å². The van der Waals surface area contributed by atoms with Gasteiger partial charge in [0.15, 0.2) is 0 Å². The zero-order valence-corrected chi connectivity index (χ0v) is 12.0. The first-order valence-corrected chi connectivity index (χ1v) is 7.42. The number of nitrogens with one attached hydrogen (secondary N) is 2. The molecule has 0 atom stereocenters. The number of H-pyrrole nitrogens is 1. The Balaban J connectivity index is 2.43. The number of hydrogen-bond acceptors (Lipinski definition) is 4. The Labute approximate surface area is 120 Å². The summed E-state index contributed by atoms with van der Waals surface area (Å²) in [6.45, 7) is 1.52. The third kappa shape index (κ3) is 2.92. The molecule has 0 saturated carbocycles. The molecule has 0 amide bonds. The first-order valence-electron chi connectivity index (χ1n) is 5.56. The van der Waals surface area contributed by atoms with E-state index in [1.807, 2.05) is 0 Å². The van der Waals surface area contributed by atoms with Gasteiger partial charge in [0, 0.05) is 11.6 Å². The third-order valence-electron chi connectivity index (χ3n) is 2.54. The molecule has 0 aliphatic heterocycles. The predicted molar refractivity (Wildman–Crippen MR) is 73.4 cm³/mol. The number of aromatic nitrogens is 2. The fourth-order valence-electron chi connectivity index (χ4n) is 1.78. The van der Waals surface area contributed by atoms with Gasteiger partial charge in [-0.05, 0) is 25.1 Å². The van der Waals surface area contributed by atoms with E-state index in [0.717, 1.165) is 12.1 Å². The number of nitrogens with zero attached hydrogens (tertiary/aromatic N) is 1. The second kappa shape index (κ2) is 5.39. The van der Waals surface area contributed by atoms with E-state index in [9.17, 15) is 12.8 Å². The Morgan fingerprint density at radius 3 is 2.75 bits per heavy atom. The Kier molecular flexibility index (Phi) is 3.98. The van der Waals surface area contributed by atoms with Gasteiger partial charge in [0.2, 0.25) is 0 Å². The number of aryl methyl sites for hydroxylation is 1. The number of nitrogens with two attached hydrogens (primary N) is 1. The molecule has 0 saturated heterocycles. The second-order valence-electron chi connectivity index (χ2n) is 4.09. The normalized spacial score (nSPS) is 11.6. The van der Waals surface area contributed by atoms with Crippen molar-refractivity contribution in [1.82, 2.24) is 10.2 Å². The molecule has 1 aromatic heterocycles. The molecule has 1 aromatic carbocycles. The van der Waals surface area contributed by atoms with E-state index in [1.165, 1.54) is 6.07 Å². The van der Waals surface area contributed by atoms with E-state index in [4.69, 9.17) is 17.3 Å². The Morgan fingerprint density at radius 1 is 1.45 bits per heavy atom. The summed E-state index contributed by atoms with van der Waals surface area (Å²) in [7, 11) is -3.93. The van der Waals surface area contributed by atoms with Crippen molar-refractivity contribution in [3.8, 4) is 0 Å². The van der Waals surface area contributed by atoms with Crippen LogP contribution in [0.3, 0.4) is 0 Å². The van der Waals surface area contributed by atoms with Crippen LogP contribution in [0.1, 0.15) is 11.4 Å². The lowest BCUT2D eigenvalue weighted by Crippen LogP contribution is -2.16. The number of anilines is 1. The molecule has 4 N–H and O–H groups in total. The van der Waals surface area contributed by atoms with Gasteiger partial charge in [-0.1, -0.05) is 11.6 Å². The van der Waals surface area contributed by atoms with Crippen LogP contribution in [0.4, 0.5) is 10.1 Å². The molecule has 2 aromatic rings. The van der Waals surface area contributed by atoms with Crippen molar-refractivity contribution >= 4 is 27.3 Å². The average Bonchev–Trinajstić information content (AvgIpc) is 2.69. The number of aromatic amines is 1. The van der Waals surface area contributed by atoms with Crippen LogP contribution < -0.4 is 10.5 Å². The molecule has 20 heavy (non-hydrogen) atoms. The van der Waals surface area contributed by atoms with Crippen molar-refractivity contribution in [2.75, 3.05) is 4.72 Å². The Hall–Kier alpha value is -1.64. The van der Waals surface area contributed by atoms with Gasteiger partial charge < -0.3 is 5.73 Å². The molecule has 9 heteroatoms. The van der Waals surface area contributed by atoms with Gasteiger partial charge in [-0.2, -0.15) is 5.10 Å². The van der Waals surface area contributed by atoms with Crippen LogP contribution in [0, 0.1) is 12.7 Å². The molecule has 0 aliphatic rings. The number of sulfonamides is 1. The minimum Gasteiger partial charge on any atom is -0.325 e. The van der Waals surface area contributed by atoms with Crippen LogP contribution in [0.25, 0.3) is 0 Å². The number of halogens is 2. The largest absolute Gasteiger partial charge is 0.325 e. The van der Waals surface area contributed by atoms with Crippen LogP contribution in [-0.4, -0.2) is 18.6 Å². The standard InChI is InChI=1S/C11H12ClFN4O2S/c1-6-11(10(5-14)16-15-6)20(18,19)17-9-3-7(12)2-8(13)4-9/h2-4,17H,5,14H2,1H3,(H,15,16). The molecule has 0 bridgehead atoms. The van der Waals surface area contributed by atoms with E-state index in [2.05, 4.69) is 14.9 Å². The van der Waals surface area contributed by atoms with Crippen molar-refractivity contribution in [2.24, 2.45) is 5.73 Å². The maximum atomic E-state index is 13.2. The topological polar surface area (TPSA) is 101 Å². The van der Waals surface area contributed by atoms with Gasteiger partial charge in [-0.3, -0.25) is 9.82 Å². The maximum Gasteiger partial charge on any atom is 0.265 e. The lowest BCUT2D eigenvalue weighted by Gasteiger charge is -2.09. The summed E-state index contributed by atoms with van der Waals surface area (Å²) < 4.78 is 40.0. The number of rotatable bonds is 4. The maximum absolute atomic E-state index is 13.2. The fourth-order valence-corrected chi connectivity index (χ4v) is 3.42. The molecular formula is C11H12ClFN4O2S. The van der Waals surface area contributed by atoms with Crippen LogP contribution in [-0.2, 0) is 16.6 Å². The smallest absolute Gasteiger partial charge is 0.265 e. The van der Waals surface area contributed by atoms with Gasteiger partial charge in [-0.25, -0.2) is 12.8 Å². The molecule has 0 unspecified atom stereocenters. The SMILES string of the molecule is Cc1[nH]nc(CN)c1S(=O)(=O)Nc1cc(F)cc(Cl)c1. The minimum absolute atomic E-state index is 0.0265. The van der Waals surface area contributed by atoms with E-state index in [-0.39, 0.29) is 27.8 Å². The van der Waals surface area contributed by atoms with Crippen LogP contribution >= 0.6 is 11.6 Å². The molecule has 1 heterocycles. The number of benzene rings is 1. The molecule has 0 aliphatic carbocycles. The monoisotopic (exact) mass is 318 g/mol. The van der Waals surface area contributed by atoms with E-state index >= 15 is 0 Å². The molecular weight excluding hydrogens is 307 g/mol. The summed E-state index contributed by atoms with van der Waals surface area (Å²) in [5.74, 6) is -0.641. The van der Waals surface area contributed by atoms with Crippen LogP contribution in [0.5, 0.6) is 0 Å². The van der Waals surface area contributed by atoms with Gasteiger partial charge in [-0.15, -0.1) is 0 Å². The quantitative estimate of drug-likeness (QED) is 0.799. The van der Waals surface area contributed by atoms with Crippen LogP contribution in [0.15, 0.2) is 23.1 Å².